The first-order valence-electron chi connectivity index (χ1n) is 5.60. The highest BCUT2D eigenvalue weighted by Crippen LogP contribution is 2.39. The van der Waals surface area contributed by atoms with Gasteiger partial charge in [0.25, 0.3) is 0 Å². The van der Waals surface area contributed by atoms with Gasteiger partial charge in [0.15, 0.2) is 0 Å². The predicted octanol–water partition coefficient (Wildman–Crippen LogP) is 2.75. The van der Waals surface area contributed by atoms with Gasteiger partial charge in [-0.1, -0.05) is 12.2 Å². The van der Waals surface area contributed by atoms with Crippen LogP contribution in [0.15, 0.2) is 23.4 Å². The van der Waals surface area contributed by atoms with E-state index in [1.807, 2.05) is 0 Å². The van der Waals surface area contributed by atoms with Gasteiger partial charge in [-0.3, -0.25) is 0 Å². The van der Waals surface area contributed by atoms with Gasteiger partial charge >= 0.3 is 0 Å². The van der Waals surface area contributed by atoms with Gasteiger partial charge in [-0.25, -0.2) is 0 Å². The first-order chi connectivity index (χ1) is 6.45. The van der Waals surface area contributed by atoms with Gasteiger partial charge in [0.1, 0.15) is 0 Å². The molecule has 0 saturated heterocycles. The number of rotatable bonds is 0. The Kier molecular flexibility index (Phi) is 1.71. The van der Waals surface area contributed by atoms with Crippen LogP contribution in [0.4, 0.5) is 0 Å². The van der Waals surface area contributed by atoms with Crippen LogP contribution in [0.1, 0.15) is 38.5 Å². The lowest BCUT2D eigenvalue weighted by Gasteiger charge is -2.22. The molecule has 0 bridgehead atoms. The van der Waals surface area contributed by atoms with Crippen LogP contribution in [-0.4, -0.2) is 6.04 Å². The Morgan fingerprint density at radius 2 is 2.15 bits per heavy atom. The Bertz CT molecular complexity index is 275. The zero-order valence-electron chi connectivity index (χ0n) is 8.05. The zero-order chi connectivity index (χ0) is 8.67. The molecule has 1 heterocycles. The summed E-state index contributed by atoms with van der Waals surface area (Å²) >= 11 is 0. The monoisotopic (exact) mass is 175 g/mol. The molecule has 1 N–H and O–H groups in total. The average Bonchev–Trinajstić information content (AvgIpc) is 2.56. The summed E-state index contributed by atoms with van der Waals surface area (Å²) in [7, 11) is 0. The van der Waals surface area contributed by atoms with Crippen molar-refractivity contribution in [2.75, 3.05) is 0 Å². The minimum absolute atomic E-state index is 0.757. The van der Waals surface area contributed by atoms with E-state index in [0.717, 1.165) is 12.0 Å². The number of hydrogen-bond donors (Lipinski definition) is 1. The Labute approximate surface area is 79.9 Å². The first-order valence-corrected chi connectivity index (χ1v) is 5.60. The number of hydrogen-bond acceptors (Lipinski definition) is 1. The molecule has 0 saturated carbocycles. The van der Waals surface area contributed by atoms with Crippen molar-refractivity contribution in [1.82, 2.24) is 5.32 Å². The molecule has 1 nitrogen and oxygen atoms in total. The van der Waals surface area contributed by atoms with Crippen LogP contribution in [0.25, 0.3) is 0 Å². The molecule has 0 radical (unpaired) electrons. The summed E-state index contributed by atoms with van der Waals surface area (Å²) in [4.78, 5) is 0. The molecule has 0 fully saturated rings. The second kappa shape index (κ2) is 2.90. The van der Waals surface area contributed by atoms with Gasteiger partial charge in [-0.2, -0.15) is 0 Å². The number of nitrogens with one attached hydrogen (secondary N) is 1. The van der Waals surface area contributed by atoms with E-state index >= 15 is 0 Å². The van der Waals surface area contributed by atoms with Gasteiger partial charge in [-0.05, 0) is 44.1 Å². The molecule has 3 rings (SSSR count). The van der Waals surface area contributed by atoms with Gasteiger partial charge in [0.2, 0.25) is 0 Å². The molecular weight excluding hydrogens is 158 g/mol. The van der Waals surface area contributed by atoms with Crippen molar-refractivity contribution in [2.45, 2.75) is 44.6 Å². The van der Waals surface area contributed by atoms with E-state index in [0.29, 0.717) is 0 Å². The molecule has 70 valence electrons. The van der Waals surface area contributed by atoms with Crippen molar-refractivity contribution in [2.24, 2.45) is 5.92 Å². The zero-order valence-corrected chi connectivity index (χ0v) is 8.05. The normalized spacial score (nSPS) is 36.9. The molecule has 2 aliphatic carbocycles. The van der Waals surface area contributed by atoms with Crippen molar-refractivity contribution >= 4 is 0 Å². The minimum Gasteiger partial charge on any atom is -0.385 e. The summed E-state index contributed by atoms with van der Waals surface area (Å²) < 4.78 is 0. The lowest BCUT2D eigenvalue weighted by Crippen LogP contribution is -2.29. The van der Waals surface area contributed by atoms with E-state index in [2.05, 4.69) is 17.5 Å². The number of allylic oxidation sites excluding steroid dienone is 2. The highest BCUT2D eigenvalue weighted by molar-refractivity contribution is 5.31. The lowest BCUT2D eigenvalue weighted by molar-refractivity contribution is 0.477. The van der Waals surface area contributed by atoms with Crippen molar-refractivity contribution in [1.29, 1.82) is 0 Å². The molecule has 1 aliphatic heterocycles. The Balaban J connectivity index is 1.92. The maximum atomic E-state index is 3.72. The van der Waals surface area contributed by atoms with Crippen molar-refractivity contribution < 1.29 is 0 Å². The third-order valence-electron chi connectivity index (χ3n) is 3.69. The standard InChI is InChI=1S/C12H17N/c1-3-7-11-9(5-1)10-6-2-4-8-12(10)13-11/h1,5,9,11,13H,2-4,6-8H2. The van der Waals surface area contributed by atoms with E-state index in [4.69, 9.17) is 0 Å². The summed E-state index contributed by atoms with van der Waals surface area (Å²) in [6.07, 6.45) is 12.9. The summed E-state index contributed by atoms with van der Waals surface area (Å²) in [5, 5.41) is 3.72. The van der Waals surface area contributed by atoms with Crippen LogP contribution in [-0.2, 0) is 0 Å². The fraction of sp³-hybridized carbons (Fsp3) is 0.667. The third-order valence-corrected chi connectivity index (χ3v) is 3.69. The molecule has 1 heteroatoms. The topological polar surface area (TPSA) is 12.0 Å². The fourth-order valence-corrected chi connectivity index (χ4v) is 3.04. The molecular formula is C12H17N. The van der Waals surface area contributed by atoms with E-state index in [-0.39, 0.29) is 0 Å². The van der Waals surface area contributed by atoms with Crippen LogP contribution >= 0.6 is 0 Å². The van der Waals surface area contributed by atoms with E-state index in [1.165, 1.54) is 38.5 Å². The van der Waals surface area contributed by atoms with Gasteiger partial charge < -0.3 is 5.32 Å². The summed E-state index contributed by atoms with van der Waals surface area (Å²) in [5.41, 5.74) is 3.35. The van der Waals surface area contributed by atoms with Crippen LogP contribution in [0.5, 0.6) is 0 Å². The van der Waals surface area contributed by atoms with Crippen LogP contribution in [0.3, 0.4) is 0 Å². The molecule has 0 aromatic rings. The summed E-state index contributed by atoms with van der Waals surface area (Å²) in [6, 6.07) is 0.757. The average molecular weight is 175 g/mol. The highest BCUT2D eigenvalue weighted by atomic mass is 15.0. The van der Waals surface area contributed by atoms with Crippen molar-refractivity contribution in [3.05, 3.63) is 23.4 Å². The van der Waals surface area contributed by atoms with Crippen LogP contribution < -0.4 is 5.32 Å². The molecule has 2 unspecified atom stereocenters. The minimum atomic E-state index is 0.757. The predicted molar refractivity (Wildman–Crippen MR) is 54.3 cm³/mol. The molecule has 0 aromatic heterocycles. The third kappa shape index (κ3) is 1.13. The van der Waals surface area contributed by atoms with E-state index in [9.17, 15) is 0 Å². The maximum Gasteiger partial charge on any atom is 0.0362 e. The van der Waals surface area contributed by atoms with E-state index < -0.39 is 0 Å². The second-order valence-corrected chi connectivity index (χ2v) is 4.49. The Morgan fingerprint density at radius 1 is 1.23 bits per heavy atom. The maximum absolute atomic E-state index is 3.72. The van der Waals surface area contributed by atoms with Gasteiger partial charge in [0, 0.05) is 17.7 Å². The first kappa shape index (κ1) is 7.66. The molecule has 0 aromatic carbocycles. The van der Waals surface area contributed by atoms with Gasteiger partial charge in [0.05, 0.1) is 0 Å². The number of fused-ring (bicyclic) bond motifs is 2. The Morgan fingerprint density at radius 3 is 3.15 bits per heavy atom. The SMILES string of the molecule is C1=CC2C3=C(CCCC3)NC2CC1. The van der Waals surface area contributed by atoms with E-state index in [1.54, 1.807) is 11.3 Å². The largest absolute Gasteiger partial charge is 0.385 e. The van der Waals surface area contributed by atoms with Gasteiger partial charge in [-0.15, -0.1) is 0 Å². The molecule has 2 atom stereocenters. The molecule has 0 amide bonds. The molecule has 13 heavy (non-hydrogen) atoms. The van der Waals surface area contributed by atoms with Crippen molar-refractivity contribution in [3.8, 4) is 0 Å². The highest BCUT2D eigenvalue weighted by Gasteiger charge is 2.34. The fourth-order valence-electron chi connectivity index (χ4n) is 3.04. The smallest absolute Gasteiger partial charge is 0.0362 e. The quantitative estimate of drug-likeness (QED) is 0.558. The lowest BCUT2D eigenvalue weighted by atomic mass is 9.83. The molecule has 0 spiro atoms. The molecule has 3 aliphatic rings. The van der Waals surface area contributed by atoms with Crippen molar-refractivity contribution in [3.63, 3.8) is 0 Å². The summed E-state index contributed by atoms with van der Waals surface area (Å²) in [6.45, 7) is 0. The van der Waals surface area contributed by atoms with Crippen LogP contribution in [0, 0.1) is 5.92 Å². The second-order valence-electron chi connectivity index (χ2n) is 4.49. The summed E-state index contributed by atoms with van der Waals surface area (Å²) in [5.74, 6) is 0.768. The van der Waals surface area contributed by atoms with Crippen LogP contribution in [0.2, 0.25) is 0 Å². The Hall–Kier alpha value is -0.720.